The van der Waals surface area contributed by atoms with Crippen LogP contribution in [-0.4, -0.2) is 11.4 Å². The van der Waals surface area contributed by atoms with Gasteiger partial charge in [0.2, 0.25) is 0 Å². The highest BCUT2D eigenvalue weighted by atomic mass is 79.9. The SMILES string of the molecule is O=Cc1cc(Br)c(OCc2ccccc2)cc1O. The third kappa shape index (κ3) is 2.90. The fourth-order valence-corrected chi connectivity index (χ4v) is 1.97. The van der Waals surface area contributed by atoms with Crippen molar-refractivity contribution in [1.29, 1.82) is 0 Å². The van der Waals surface area contributed by atoms with Gasteiger partial charge < -0.3 is 9.84 Å². The maximum atomic E-state index is 10.6. The predicted octanol–water partition coefficient (Wildman–Crippen LogP) is 3.55. The highest BCUT2D eigenvalue weighted by Crippen LogP contribution is 2.32. The molecule has 0 saturated heterocycles. The molecule has 2 aromatic rings. The quantitative estimate of drug-likeness (QED) is 0.879. The normalized spacial score (nSPS) is 10.1. The molecule has 0 amide bonds. The summed E-state index contributed by atoms with van der Waals surface area (Å²) in [4.78, 5) is 10.6. The number of phenols is 1. The maximum Gasteiger partial charge on any atom is 0.153 e. The Bertz CT molecular complexity index is 552. The maximum absolute atomic E-state index is 10.6. The van der Waals surface area contributed by atoms with E-state index in [9.17, 15) is 9.90 Å². The predicted molar refractivity (Wildman–Crippen MR) is 72.0 cm³/mol. The summed E-state index contributed by atoms with van der Waals surface area (Å²) in [5.41, 5.74) is 1.26. The number of hydrogen-bond acceptors (Lipinski definition) is 3. The summed E-state index contributed by atoms with van der Waals surface area (Å²) in [6.07, 6.45) is 0.598. The van der Waals surface area contributed by atoms with Crippen LogP contribution >= 0.6 is 15.9 Å². The molecule has 0 aliphatic heterocycles. The Hall–Kier alpha value is -1.81. The number of aldehydes is 1. The van der Waals surface area contributed by atoms with Crippen molar-refractivity contribution < 1.29 is 14.6 Å². The Morgan fingerprint density at radius 3 is 2.61 bits per heavy atom. The second-order valence-corrected chi connectivity index (χ2v) is 4.59. The Labute approximate surface area is 113 Å². The van der Waals surface area contributed by atoms with Gasteiger partial charge in [0.25, 0.3) is 0 Å². The average Bonchev–Trinajstić information content (AvgIpc) is 2.40. The second-order valence-electron chi connectivity index (χ2n) is 3.73. The first-order valence-electron chi connectivity index (χ1n) is 5.35. The van der Waals surface area contributed by atoms with Gasteiger partial charge in [0.15, 0.2) is 6.29 Å². The molecule has 18 heavy (non-hydrogen) atoms. The van der Waals surface area contributed by atoms with Gasteiger partial charge in [0.1, 0.15) is 18.1 Å². The van der Waals surface area contributed by atoms with Gasteiger partial charge in [0, 0.05) is 6.07 Å². The molecule has 0 aromatic heterocycles. The number of phenolic OH excluding ortho intramolecular Hbond substituents is 1. The van der Waals surface area contributed by atoms with Crippen LogP contribution in [-0.2, 0) is 6.61 Å². The van der Waals surface area contributed by atoms with Crippen LogP contribution in [0.15, 0.2) is 46.9 Å². The first-order chi connectivity index (χ1) is 8.70. The van der Waals surface area contributed by atoms with Gasteiger partial charge in [-0.2, -0.15) is 0 Å². The zero-order valence-corrected chi connectivity index (χ0v) is 11.1. The van der Waals surface area contributed by atoms with Gasteiger partial charge in [-0.1, -0.05) is 30.3 Å². The lowest BCUT2D eigenvalue weighted by atomic mass is 10.2. The summed E-state index contributed by atoms with van der Waals surface area (Å²) in [6.45, 7) is 0.402. The summed E-state index contributed by atoms with van der Waals surface area (Å²) >= 11 is 3.30. The van der Waals surface area contributed by atoms with Crippen LogP contribution in [0.4, 0.5) is 0 Å². The first-order valence-corrected chi connectivity index (χ1v) is 6.14. The van der Waals surface area contributed by atoms with Crippen LogP contribution in [0.25, 0.3) is 0 Å². The lowest BCUT2D eigenvalue weighted by molar-refractivity contribution is 0.112. The molecule has 0 saturated carbocycles. The fourth-order valence-electron chi connectivity index (χ4n) is 1.50. The smallest absolute Gasteiger partial charge is 0.153 e. The fraction of sp³-hybridized carbons (Fsp3) is 0.0714. The number of rotatable bonds is 4. The number of aromatic hydroxyl groups is 1. The third-order valence-electron chi connectivity index (χ3n) is 2.45. The summed E-state index contributed by atoms with van der Waals surface area (Å²) in [6, 6.07) is 12.7. The van der Waals surface area contributed by atoms with Crippen molar-refractivity contribution in [3.8, 4) is 11.5 Å². The number of halogens is 1. The van der Waals surface area contributed by atoms with Crippen LogP contribution < -0.4 is 4.74 Å². The van der Waals surface area contributed by atoms with Crippen molar-refractivity contribution >= 4 is 22.2 Å². The molecular formula is C14H11BrO3. The molecule has 0 aliphatic rings. The molecule has 0 radical (unpaired) electrons. The van der Waals surface area contributed by atoms with E-state index in [1.807, 2.05) is 30.3 Å². The number of carbonyl (C=O) groups excluding carboxylic acids is 1. The van der Waals surface area contributed by atoms with Gasteiger partial charge in [-0.25, -0.2) is 0 Å². The van der Waals surface area contributed by atoms with E-state index in [0.29, 0.717) is 23.1 Å². The zero-order chi connectivity index (χ0) is 13.0. The molecule has 0 atom stereocenters. The average molecular weight is 307 g/mol. The molecule has 0 heterocycles. The van der Waals surface area contributed by atoms with Crippen LogP contribution in [0.2, 0.25) is 0 Å². The summed E-state index contributed by atoms with van der Waals surface area (Å²) < 4.78 is 6.22. The van der Waals surface area contributed by atoms with Gasteiger partial charge in [-0.3, -0.25) is 4.79 Å². The van der Waals surface area contributed by atoms with Crippen molar-refractivity contribution in [3.05, 3.63) is 58.1 Å². The van der Waals surface area contributed by atoms with Crippen LogP contribution in [0, 0.1) is 0 Å². The van der Waals surface area contributed by atoms with Gasteiger partial charge in [-0.05, 0) is 27.6 Å². The largest absolute Gasteiger partial charge is 0.507 e. The number of benzene rings is 2. The van der Waals surface area contributed by atoms with E-state index in [0.717, 1.165) is 5.56 Å². The Morgan fingerprint density at radius 1 is 1.22 bits per heavy atom. The van der Waals surface area contributed by atoms with E-state index in [1.54, 1.807) is 0 Å². The van der Waals surface area contributed by atoms with E-state index in [2.05, 4.69) is 15.9 Å². The molecule has 0 spiro atoms. The number of carbonyl (C=O) groups is 1. The van der Waals surface area contributed by atoms with Crippen molar-refractivity contribution in [2.45, 2.75) is 6.61 Å². The van der Waals surface area contributed by atoms with E-state index in [-0.39, 0.29) is 11.3 Å². The van der Waals surface area contributed by atoms with Gasteiger partial charge >= 0.3 is 0 Å². The Kier molecular flexibility index (Phi) is 3.99. The van der Waals surface area contributed by atoms with Crippen molar-refractivity contribution in [2.75, 3.05) is 0 Å². The lowest BCUT2D eigenvalue weighted by Gasteiger charge is -2.09. The Balaban J connectivity index is 2.15. The molecule has 1 N–H and O–H groups in total. The van der Waals surface area contributed by atoms with E-state index >= 15 is 0 Å². The molecule has 2 rings (SSSR count). The monoisotopic (exact) mass is 306 g/mol. The second kappa shape index (κ2) is 5.69. The van der Waals surface area contributed by atoms with Gasteiger partial charge in [0.05, 0.1) is 10.0 Å². The standard InChI is InChI=1S/C14H11BrO3/c15-12-6-11(8-16)13(17)7-14(12)18-9-10-4-2-1-3-5-10/h1-8,17H,9H2. The van der Waals surface area contributed by atoms with E-state index < -0.39 is 0 Å². The van der Waals surface area contributed by atoms with E-state index in [4.69, 9.17) is 4.74 Å². The van der Waals surface area contributed by atoms with Gasteiger partial charge in [-0.15, -0.1) is 0 Å². The molecule has 0 fully saturated rings. The number of ether oxygens (including phenoxy) is 1. The topological polar surface area (TPSA) is 46.5 Å². The van der Waals surface area contributed by atoms with Crippen LogP contribution in [0.1, 0.15) is 15.9 Å². The molecule has 0 aliphatic carbocycles. The lowest BCUT2D eigenvalue weighted by Crippen LogP contribution is -1.96. The third-order valence-corrected chi connectivity index (χ3v) is 3.07. The van der Waals surface area contributed by atoms with Crippen LogP contribution in [0.5, 0.6) is 11.5 Å². The van der Waals surface area contributed by atoms with Crippen molar-refractivity contribution in [1.82, 2.24) is 0 Å². The molecule has 0 bridgehead atoms. The zero-order valence-electron chi connectivity index (χ0n) is 9.47. The highest BCUT2D eigenvalue weighted by Gasteiger charge is 2.08. The minimum atomic E-state index is -0.0868. The molecule has 4 heteroatoms. The molecule has 0 unspecified atom stereocenters. The van der Waals surface area contributed by atoms with Crippen LogP contribution in [0.3, 0.4) is 0 Å². The van der Waals surface area contributed by atoms with Crippen molar-refractivity contribution in [2.24, 2.45) is 0 Å². The Morgan fingerprint density at radius 2 is 1.94 bits per heavy atom. The molecule has 3 nitrogen and oxygen atoms in total. The van der Waals surface area contributed by atoms with Crippen molar-refractivity contribution in [3.63, 3.8) is 0 Å². The minimum absolute atomic E-state index is 0.0868. The summed E-state index contributed by atoms with van der Waals surface area (Å²) in [5, 5.41) is 9.58. The molecular weight excluding hydrogens is 296 g/mol. The highest BCUT2D eigenvalue weighted by molar-refractivity contribution is 9.10. The number of hydrogen-bond donors (Lipinski definition) is 1. The minimum Gasteiger partial charge on any atom is -0.507 e. The van der Waals surface area contributed by atoms with E-state index in [1.165, 1.54) is 12.1 Å². The first kappa shape index (κ1) is 12.6. The molecule has 92 valence electrons. The summed E-state index contributed by atoms with van der Waals surface area (Å²) in [5.74, 6) is 0.415. The molecule has 2 aromatic carbocycles. The summed E-state index contributed by atoms with van der Waals surface area (Å²) in [7, 11) is 0.